The normalized spacial score (nSPS) is 19.1. The number of benzene rings is 1. The predicted octanol–water partition coefficient (Wildman–Crippen LogP) is 2.41. The number of nitro benzene ring substituents is 1. The van der Waals surface area contributed by atoms with Crippen molar-refractivity contribution >= 4 is 17.5 Å². The first-order valence-corrected chi connectivity index (χ1v) is 8.11. The van der Waals surface area contributed by atoms with Gasteiger partial charge in [0, 0.05) is 25.7 Å². The SMILES string of the molecule is COc1ccc(N2CCC(N3CCCOC3=O)CC2)c([N+](=O)[O-])c1. The van der Waals surface area contributed by atoms with Crippen LogP contribution in [0, 0.1) is 10.1 Å². The van der Waals surface area contributed by atoms with E-state index in [-0.39, 0.29) is 22.7 Å². The van der Waals surface area contributed by atoms with Crippen LogP contribution in [0.15, 0.2) is 18.2 Å². The second kappa shape index (κ2) is 6.94. The van der Waals surface area contributed by atoms with Gasteiger partial charge in [-0.15, -0.1) is 0 Å². The van der Waals surface area contributed by atoms with E-state index in [0.717, 1.165) is 25.8 Å². The molecule has 2 fully saturated rings. The third kappa shape index (κ3) is 3.22. The van der Waals surface area contributed by atoms with E-state index >= 15 is 0 Å². The van der Waals surface area contributed by atoms with Crippen molar-refractivity contribution in [2.75, 3.05) is 38.3 Å². The van der Waals surface area contributed by atoms with E-state index < -0.39 is 0 Å². The zero-order valence-corrected chi connectivity index (χ0v) is 13.6. The molecule has 0 bridgehead atoms. The van der Waals surface area contributed by atoms with Crippen LogP contribution in [0.1, 0.15) is 19.3 Å². The lowest BCUT2D eigenvalue weighted by molar-refractivity contribution is -0.384. The van der Waals surface area contributed by atoms with Crippen molar-refractivity contribution in [2.45, 2.75) is 25.3 Å². The summed E-state index contributed by atoms with van der Waals surface area (Å²) in [6.45, 7) is 2.56. The molecule has 0 aliphatic carbocycles. The molecule has 0 radical (unpaired) electrons. The van der Waals surface area contributed by atoms with Crippen LogP contribution in [-0.2, 0) is 4.74 Å². The van der Waals surface area contributed by atoms with Gasteiger partial charge in [0.15, 0.2) is 0 Å². The maximum absolute atomic E-state index is 11.8. The van der Waals surface area contributed by atoms with Gasteiger partial charge in [0.2, 0.25) is 0 Å². The number of nitrogens with zero attached hydrogens (tertiary/aromatic N) is 3. The van der Waals surface area contributed by atoms with Crippen LogP contribution >= 0.6 is 0 Å². The van der Waals surface area contributed by atoms with Crippen molar-refractivity contribution < 1.29 is 19.2 Å². The minimum Gasteiger partial charge on any atom is -0.496 e. The second-order valence-electron chi connectivity index (χ2n) is 5.99. The molecule has 2 saturated heterocycles. The number of carbonyl (C=O) groups is 1. The maximum atomic E-state index is 11.8. The van der Waals surface area contributed by atoms with Gasteiger partial charge in [0.05, 0.1) is 24.7 Å². The Bertz CT molecular complexity index is 628. The molecule has 2 aliphatic rings. The molecule has 3 rings (SSSR count). The lowest BCUT2D eigenvalue weighted by Gasteiger charge is -2.40. The molecule has 2 heterocycles. The van der Waals surface area contributed by atoms with Crippen molar-refractivity contribution in [2.24, 2.45) is 0 Å². The zero-order chi connectivity index (χ0) is 17.1. The average molecular weight is 335 g/mol. The van der Waals surface area contributed by atoms with E-state index in [2.05, 4.69) is 0 Å². The number of cyclic esters (lactones) is 1. The molecule has 1 aromatic rings. The van der Waals surface area contributed by atoms with Gasteiger partial charge >= 0.3 is 6.09 Å². The first kappa shape index (κ1) is 16.4. The molecule has 0 atom stereocenters. The lowest BCUT2D eigenvalue weighted by atomic mass is 10.0. The molecule has 0 spiro atoms. The topological polar surface area (TPSA) is 85.2 Å². The van der Waals surface area contributed by atoms with Gasteiger partial charge in [0.1, 0.15) is 11.4 Å². The van der Waals surface area contributed by atoms with Gasteiger partial charge in [0.25, 0.3) is 5.69 Å². The summed E-state index contributed by atoms with van der Waals surface area (Å²) in [5, 5.41) is 11.3. The van der Waals surface area contributed by atoms with Gasteiger partial charge in [-0.1, -0.05) is 0 Å². The van der Waals surface area contributed by atoms with Gasteiger partial charge in [-0.2, -0.15) is 0 Å². The summed E-state index contributed by atoms with van der Waals surface area (Å²) in [5.74, 6) is 0.469. The fourth-order valence-corrected chi connectivity index (χ4v) is 3.36. The van der Waals surface area contributed by atoms with Gasteiger partial charge in [-0.3, -0.25) is 10.1 Å². The van der Waals surface area contributed by atoms with Crippen molar-refractivity contribution in [3.05, 3.63) is 28.3 Å². The Balaban J connectivity index is 1.70. The highest BCUT2D eigenvalue weighted by atomic mass is 16.6. The van der Waals surface area contributed by atoms with Crippen LogP contribution in [0.3, 0.4) is 0 Å². The molecule has 0 aromatic heterocycles. The molecule has 0 N–H and O–H groups in total. The number of carbonyl (C=O) groups excluding carboxylic acids is 1. The zero-order valence-electron chi connectivity index (χ0n) is 13.6. The highest BCUT2D eigenvalue weighted by molar-refractivity contribution is 5.69. The number of amides is 1. The quantitative estimate of drug-likeness (QED) is 0.620. The molecule has 0 saturated carbocycles. The summed E-state index contributed by atoms with van der Waals surface area (Å²) in [7, 11) is 1.49. The minimum atomic E-state index is -0.383. The number of hydrogen-bond acceptors (Lipinski definition) is 6. The minimum absolute atomic E-state index is 0.0465. The predicted molar refractivity (Wildman–Crippen MR) is 87.6 cm³/mol. The molecule has 0 unspecified atom stereocenters. The standard InChI is InChI=1S/C16H21N3O5/c1-23-13-3-4-14(15(11-13)19(21)22)17-8-5-12(6-9-17)18-7-2-10-24-16(18)20/h3-4,11-12H,2,5-10H2,1H3. The Morgan fingerprint density at radius 3 is 2.67 bits per heavy atom. The molecule has 130 valence electrons. The Labute approximate surface area is 140 Å². The number of piperidine rings is 1. The third-order valence-corrected chi connectivity index (χ3v) is 4.63. The first-order chi connectivity index (χ1) is 11.6. The number of hydrogen-bond donors (Lipinski definition) is 0. The summed E-state index contributed by atoms with van der Waals surface area (Å²) in [5.41, 5.74) is 0.644. The van der Waals surface area contributed by atoms with E-state index in [4.69, 9.17) is 9.47 Å². The van der Waals surface area contributed by atoms with Crippen molar-refractivity contribution in [3.8, 4) is 5.75 Å². The van der Waals surface area contributed by atoms with Crippen LogP contribution < -0.4 is 9.64 Å². The Morgan fingerprint density at radius 1 is 1.29 bits per heavy atom. The molecule has 1 amide bonds. The molecular weight excluding hydrogens is 314 g/mol. The summed E-state index contributed by atoms with van der Waals surface area (Å²) < 4.78 is 10.2. The van der Waals surface area contributed by atoms with Gasteiger partial charge in [-0.25, -0.2) is 4.79 Å². The van der Waals surface area contributed by atoms with Gasteiger partial charge in [-0.05, 0) is 31.4 Å². The van der Waals surface area contributed by atoms with Crippen LogP contribution in [0.2, 0.25) is 0 Å². The molecule has 8 heteroatoms. The number of anilines is 1. The summed E-state index contributed by atoms with van der Waals surface area (Å²) in [6, 6.07) is 5.05. The number of methoxy groups -OCH3 is 1. The van der Waals surface area contributed by atoms with Crippen LogP contribution in [0.25, 0.3) is 0 Å². The average Bonchev–Trinajstić information content (AvgIpc) is 2.62. The first-order valence-electron chi connectivity index (χ1n) is 8.11. The van der Waals surface area contributed by atoms with E-state index in [9.17, 15) is 14.9 Å². The smallest absolute Gasteiger partial charge is 0.410 e. The number of ether oxygens (including phenoxy) is 2. The van der Waals surface area contributed by atoms with Crippen molar-refractivity contribution in [1.29, 1.82) is 0 Å². The largest absolute Gasteiger partial charge is 0.496 e. The van der Waals surface area contributed by atoms with Crippen LogP contribution in [0.5, 0.6) is 5.75 Å². The second-order valence-corrected chi connectivity index (χ2v) is 5.99. The number of rotatable bonds is 4. The number of nitro groups is 1. The lowest BCUT2D eigenvalue weighted by Crippen LogP contribution is -2.50. The van der Waals surface area contributed by atoms with E-state index in [0.29, 0.717) is 31.1 Å². The Kier molecular flexibility index (Phi) is 4.73. The fraction of sp³-hybridized carbons (Fsp3) is 0.562. The molecule has 8 nitrogen and oxygen atoms in total. The highest BCUT2D eigenvalue weighted by Gasteiger charge is 2.32. The van der Waals surface area contributed by atoms with E-state index in [1.807, 2.05) is 4.90 Å². The van der Waals surface area contributed by atoms with E-state index in [1.165, 1.54) is 13.2 Å². The van der Waals surface area contributed by atoms with E-state index in [1.54, 1.807) is 17.0 Å². The Morgan fingerprint density at radius 2 is 2.04 bits per heavy atom. The highest BCUT2D eigenvalue weighted by Crippen LogP contribution is 2.34. The Hall–Kier alpha value is -2.51. The van der Waals surface area contributed by atoms with Crippen molar-refractivity contribution in [3.63, 3.8) is 0 Å². The van der Waals surface area contributed by atoms with Crippen LogP contribution in [0.4, 0.5) is 16.2 Å². The molecule has 2 aliphatic heterocycles. The van der Waals surface area contributed by atoms with Crippen LogP contribution in [-0.4, -0.2) is 55.3 Å². The molecule has 24 heavy (non-hydrogen) atoms. The molecule has 1 aromatic carbocycles. The monoisotopic (exact) mass is 335 g/mol. The molecular formula is C16H21N3O5. The summed E-state index contributed by atoms with van der Waals surface area (Å²) >= 11 is 0. The third-order valence-electron chi connectivity index (χ3n) is 4.63. The van der Waals surface area contributed by atoms with Crippen molar-refractivity contribution in [1.82, 2.24) is 4.90 Å². The maximum Gasteiger partial charge on any atom is 0.410 e. The summed E-state index contributed by atoms with van der Waals surface area (Å²) in [4.78, 5) is 26.6. The fourth-order valence-electron chi connectivity index (χ4n) is 3.36. The summed E-state index contributed by atoms with van der Waals surface area (Å²) in [6.07, 6.45) is 2.17. The van der Waals surface area contributed by atoms with Gasteiger partial charge < -0.3 is 19.3 Å².